The largest absolute Gasteiger partial charge is 0.490 e. The Balaban J connectivity index is 0.00000103. The summed E-state index contributed by atoms with van der Waals surface area (Å²) >= 11 is 5.61. The van der Waals surface area contributed by atoms with Crippen molar-refractivity contribution >= 4 is 35.2 Å². The van der Waals surface area contributed by atoms with Crippen molar-refractivity contribution in [2.24, 2.45) is 5.73 Å². The third-order valence-electron chi connectivity index (χ3n) is 3.53. The molecule has 3 unspecified atom stereocenters. The maximum absolute atomic E-state index is 12.2. The summed E-state index contributed by atoms with van der Waals surface area (Å²) < 4.78 is 31.7. The van der Waals surface area contributed by atoms with E-state index >= 15 is 0 Å². The number of nitrogens with one attached hydrogen (secondary N) is 2. The molecule has 3 atom stereocenters. The van der Waals surface area contributed by atoms with Crippen LogP contribution in [0.15, 0.2) is 30.3 Å². The first-order chi connectivity index (χ1) is 13.8. The molecule has 0 aliphatic carbocycles. The third-order valence-corrected chi connectivity index (χ3v) is 3.79. The number of Topliss-reactive ketones (excluding diaryl/α,β-unsaturated/α-hetero) is 1. The topological polar surface area (TPSA) is 139 Å². The van der Waals surface area contributed by atoms with E-state index in [2.05, 4.69) is 10.6 Å². The van der Waals surface area contributed by atoms with Crippen molar-refractivity contribution in [2.45, 2.75) is 44.6 Å². The van der Waals surface area contributed by atoms with Crippen molar-refractivity contribution in [3.63, 3.8) is 0 Å². The SMILES string of the molecule is CC(N)C(=O)NC(C)C(=O)NC(Cc1ccccc1)C(=O)CCl.O=C(O)C(F)(F)F. The van der Waals surface area contributed by atoms with Crippen LogP contribution in [-0.4, -0.2) is 58.9 Å². The number of benzene rings is 1. The molecule has 2 amide bonds. The summed E-state index contributed by atoms with van der Waals surface area (Å²) in [4.78, 5) is 44.5. The van der Waals surface area contributed by atoms with Crippen LogP contribution >= 0.6 is 11.6 Å². The molecule has 1 aromatic carbocycles. The van der Waals surface area contributed by atoms with Gasteiger partial charge >= 0.3 is 12.1 Å². The Labute approximate surface area is 175 Å². The van der Waals surface area contributed by atoms with Gasteiger partial charge in [-0.15, -0.1) is 11.6 Å². The van der Waals surface area contributed by atoms with Crippen molar-refractivity contribution < 1.29 is 37.5 Å². The number of hydrogen-bond donors (Lipinski definition) is 4. The van der Waals surface area contributed by atoms with E-state index in [1.807, 2.05) is 30.3 Å². The van der Waals surface area contributed by atoms with Crippen molar-refractivity contribution in [3.8, 4) is 0 Å². The summed E-state index contributed by atoms with van der Waals surface area (Å²) in [6.07, 6.45) is -4.74. The maximum atomic E-state index is 12.2. The summed E-state index contributed by atoms with van der Waals surface area (Å²) in [7, 11) is 0. The van der Waals surface area contributed by atoms with E-state index in [1.165, 1.54) is 13.8 Å². The molecule has 30 heavy (non-hydrogen) atoms. The van der Waals surface area contributed by atoms with Gasteiger partial charge in [-0.25, -0.2) is 4.79 Å². The van der Waals surface area contributed by atoms with Gasteiger partial charge in [-0.3, -0.25) is 14.4 Å². The molecule has 1 aromatic rings. The second kappa shape index (κ2) is 12.8. The normalized spacial score (nSPS) is 13.7. The number of ketones is 1. The van der Waals surface area contributed by atoms with Crippen LogP contribution in [0.3, 0.4) is 0 Å². The highest BCUT2D eigenvalue weighted by Crippen LogP contribution is 2.13. The molecule has 0 spiro atoms. The minimum Gasteiger partial charge on any atom is -0.475 e. The molecule has 0 aliphatic rings. The molecule has 0 radical (unpaired) electrons. The Morgan fingerprint density at radius 1 is 1.07 bits per heavy atom. The number of carbonyl (C=O) groups is 4. The van der Waals surface area contributed by atoms with Crippen LogP contribution in [0.5, 0.6) is 0 Å². The average Bonchev–Trinajstić information content (AvgIpc) is 2.67. The van der Waals surface area contributed by atoms with Gasteiger partial charge in [0.25, 0.3) is 0 Å². The third kappa shape index (κ3) is 10.8. The van der Waals surface area contributed by atoms with Crippen LogP contribution in [0.25, 0.3) is 0 Å². The highest BCUT2D eigenvalue weighted by Gasteiger charge is 2.38. The van der Waals surface area contributed by atoms with Crippen molar-refractivity contribution in [2.75, 3.05) is 5.88 Å². The van der Waals surface area contributed by atoms with E-state index in [4.69, 9.17) is 27.2 Å². The summed E-state index contributed by atoms with van der Waals surface area (Å²) in [6, 6.07) is 7.05. The van der Waals surface area contributed by atoms with Crippen LogP contribution in [0.4, 0.5) is 13.2 Å². The molecule has 0 aromatic heterocycles. The number of nitrogens with two attached hydrogens (primary N) is 1. The number of rotatable bonds is 8. The number of carboxylic acids is 1. The number of carboxylic acid groups (broad SMARTS) is 1. The van der Waals surface area contributed by atoms with Gasteiger partial charge in [-0.1, -0.05) is 30.3 Å². The van der Waals surface area contributed by atoms with Crippen LogP contribution < -0.4 is 16.4 Å². The first kappa shape index (κ1) is 27.3. The number of amides is 2. The molecule has 168 valence electrons. The first-order valence-electron chi connectivity index (χ1n) is 8.58. The fourth-order valence-electron chi connectivity index (χ4n) is 1.90. The smallest absolute Gasteiger partial charge is 0.475 e. The fourth-order valence-corrected chi connectivity index (χ4v) is 2.08. The molecule has 0 saturated carbocycles. The average molecular weight is 454 g/mol. The monoisotopic (exact) mass is 453 g/mol. The Hall–Kier alpha value is -2.66. The van der Waals surface area contributed by atoms with E-state index in [9.17, 15) is 27.6 Å². The molecule has 0 saturated heterocycles. The molecule has 8 nitrogen and oxygen atoms in total. The number of hydrogen-bond acceptors (Lipinski definition) is 5. The number of halogens is 4. The lowest BCUT2D eigenvalue weighted by Gasteiger charge is -2.21. The molecule has 0 bridgehead atoms. The molecule has 1 rings (SSSR count). The standard InChI is InChI=1S/C16H22ClN3O3.C2HF3O2/c1-10(18)15(22)19-11(2)16(23)20-13(14(21)9-17)8-12-6-4-3-5-7-12;3-2(4,5)1(6)7/h3-7,10-11,13H,8-9,18H2,1-2H3,(H,19,22)(H,20,23);(H,6,7). The highest BCUT2D eigenvalue weighted by atomic mass is 35.5. The van der Waals surface area contributed by atoms with Gasteiger partial charge in [0, 0.05) is 0 Å². The first-order valence-corrected chi connectivity index (χ1v) is 9.12. The van der Waals surface area contributed by atoms with Crippen LogP contribution in [0, 0.1) is 0 Å². The van der Waals surface area contributed by atoms with E-state index in [0.29, 0.717) is 6.42 Å². The van der Waals surface area contributed by atoms with Gasteiger partial charge in [0.05, 0.1) is 18.0 Å². The molecule has 5 N–H and O–H groups in total. The van der Waals surface area contributed by atoms with Gasteiger partial charge in [0.1, 0.15) is 6.04 Å². The molecule has 0 aliphatic heterocycles. The second-order valence-electron chi connectivity index (χ2n) is 6.17. The number of alkyl halides is 4. The molecule has 0 heterocycles. The van der Waals surface area contributed by atoms with E-state index in [0.717, 1.165) is 5.56 Å². The zero-order chi connectivity index (χ0) is 23.5. The van der Waals surface area contributed by atoms with Crippen molar-refractivity contribution in [1.82, 2.24) is 10.6 Å². The van der Waals surface area contributed by atoms with Crippen LogP contribution in [0.2, 0.25) is 0 Å². The summed E-state index contributed by atoms with van der Waals surface area (Å²) in [5, 5.41) is 12.2. The van der Waals surface area contributed by atoms with Crippen LogP contribution in [0.1, 0.15) is 19.4 Å². The highest BCUT2D eigenvalue weighted by molar-refractivity contribution is 6.28. The van der Waals surface area contributed by atoms with Crippen LogP contribution in [-0.2, 0) is 25.6 Å². The molecular formula is C18H23ClF3N3O5. The minimum absolute atomic E-state index is 0.196. The summed E-state index contributed by atoms with van der Waals surface area (Å²) in [5.41, 5.74) is 6.35. The number of carbonyl (C=O) groups excluding carboxylic acids is 3. The molecule has 0 fully saturated rings. The number of aliphatic carboxylic acids is 1. The lowest BCUT2D eigenvalue weighted by molar-refractivity contribution is -0.192. The van der Waals surface area contributed by atoms with Gasteiger partial charge in [-0.2, -0.15) is 13.2 Å². The summed E-state index contributed by atoms with van der Waals surface area (Å²) in [6.45, 7) is 3.05. The van der Waals surface area contributed by atoms with E-state index in [1.54, 1.807) is 0 Å². The second-order valence-corrected chi connectivity index (χ2v) is 6.44. The lowest BCUT2D eigenvalue weighted by atomic mass is 10.0. The predicted molar refractivity (Wildman–Crippen MR) is 103 cm³/mol. The lowest BCUT2D eigenvalue weighted by Crippen LogP contribution is -2.53. The van der Waals surface area contributed by atoms with E-state index in [-0.39, 0.29) is 11.7 Å². The quantitative estimate of drug-likeness (QED) is 0.433. The maximum Gasteiger partial charge on any atom is 0.490 e. The minimum atomic E-state index is -5.08. The Bertz CT molecular complexity index is 730. The van der Waals surface area contributed by atoms with Crippen molar-refractivity contribution in [1.29, 1.82) is 0 Å². The zero-order valence-electron chi connectivity index (χ0n) is 16.2. The van der Waals surface area contributed by atoms with E-state index < -0.39 is 42.1 Å². The molecule has 12 heteroatoms. The zero-order valence-corrected chi connectivity index (χ0v) is 17.0. The van der Waals surface area contributed by atoms with Gasteiger partial charge < -0.3 is 21.5 Å². The Morgan fingerprint density at radius 3 is 1.97 bits per heavy atom. The van der Waals surface area contributed by atoms with Gasteiger partial charge in [-0.05, 0) is 25.8 Å². The Kier molecular flexibility index (Phi) is 11.7. The summed E-state index contributed by atoms with van der Waals surface area (Å²) in [5.74, 6) is -4.13. The van der Waals surface area contributed by atoms with Gasteiger partial charge in [0.2, 0.25) is 11.8 Å². The fraction of sp³-hybridized carbons (Fsp3) is 0.444. The molecular weight excluding hydrogens is 431 g/mol. The van der Waals surface area contributed by atoms with Crippen molar-refractivity contribution in [3.05, 3.63) is 35.9 Å². The van der Waals surface area contributed by atoms with Gasteiger partial charge in [0.15, 0.2) is 5.78 Å². The Morgan fingerprint density at radius 2 is 1.57 bits per heavy atom. The predicted octanol–water partition coefficient (Wildman–Crippen LogP) is 1.01.